The van der Waals surface area contributed by atoms with Crippen molar-refractivity contribution in [3.63, 3.8) is 0 Å². The molecule has 8 nitrogen and oxygen atoms in total. The highest BCUT2D eigenvalue weighted by atomic mass is 32.2. The number of aryl methyl sites for hydroxylation is 1. The first-order valence-corrected chi connectivity index (χ1v) is 14.8. The first kappa shape index (κ1) is 27.4. The van der Waals surface area contributed by atoms with E-state index < -0.39 is 20.0 Å². The van der Waals surface area contributed by atoms with E-state index in [4.69, 9.17) is 4.74 Å². The molecule has 0 aromatic heterocycles. The first-order chi connectivity index (χ1) is 16.3. The summed E-state index contributed by atoms with van der Waals surface area (Å²) >= 11 is 0. The fraction of sp³-hybridized carbons (Fsp3) is 0.520. The average molecular weight is 524 g/mol. The van der Waals surface area contributed by atoms with Gasteiger partial charge < -0.3 is 9.64 Å². The Morgan fingerprint density at radius 3 is 2.17 bits per heavy atom. The normalized spacial score (nSPS) is 15.7. The van der Waals surface area contributed by atoms with Crippen molar-refractivity contribution in [2.45, 2.75) is 56.7 Å². The Hall–Kier alpha value is -2.14. The second-order valence-corrected chi connectivity index (χ2v) is 13.3. The molecular weight excluding hydrogens is 486 g/mol. The minimum Gasteiger partial charge on any atom is -0.379 e. The molecule has 0 bridgehead atoms. The van der Waals surface area contributed by atoms with Crippen LogP contribution in [0.5, 0.6) is 0 Å². The Bertz CT molecular complexity index is 1260. The molecule has 1 aliphatic heterocycles. The molecule has 1 aliphatic rings. The lowest BCUT2D eigenvalue weighted by atomic mass is 9.87. The number of hydrogen-bond acceptors (Lipinski definition) is 6. The zero-order valence-corrected chi connectivity index (χ0v) is 23.1. The summed E-state index contributed by atoms with van der Waals surface area (Å²) < 4.78 is 63.2. The Balaban J connectivity index is 2.11. The molecule has 1 N–H and O–H groups in total. The van der Waals surface area contributed by atoms with Crippen LogP contribution in [0.3, 0.4) is 0 Å². The smallest absolute Gasteiger partial charge is 0.262 e. The number of morpholine rings is 1. The maximum Gasteiger partial charge on any atom is 0.262 e. The van der Waals surface area contributed by atoms with E-state index in [2.05, 4.69) is 4.72 Å². The van der Waals surface area contributed by atoms with Gasteiger partial charge in [-0.1, -0.05) is 32.9 Å². The third-order valence-corrected chi connectivity index (χ3v) is 9.67. The molecule has 1 fully saturated rings. The summed E-state index contributed by atoms with van der Waals surface area (Å²) in [5.74, 6) is 0. The first-order valence-electron chi connectivity index (χ1n) is 11.9. The van der Waals surface area contributed by atoms with Crippen LogP contribution < -0.4 is 9.62 Å². The van der Waals surface area contributed by atoms with Crippen LogP contribution >= 0.6 is 0 Å². The molecule has 2 aromatic carbocycles. The lowest BCUT2D eigenvalue weighted by Crippen LogP contribution is -2.40. The molecule has 0 spiro atoms. The zero-order chi connectivity index (χ0) is 26.0. The molecule has 1 saturated heterocycles. The van der Waals surface area contributed by atoms with Crippen molar-refractivity contribution in [1.82, 2.24) is 4.31 Å². The van der Waals surface area contributed by atoms with E-state index in [1.54, 1.807) is 31.2 Å². The number of nitrogens with one attached hydrogen (secondary N) is 1. The summed E-state index contributed by atoms with van der Waals surface area (Å²) in [5.41, 5.74) is 2.16. The van der Waals surface area contributed by atoms with Gasteiger partial charge in [0.1, 0.15) is 0 Å². The average Bonchev–Trinajstić information content (AvgIpc) is 2.80. The van der Waals surface area contributed by atoms with Gasteiger partial charge in [-0.3, -0.25) is 4.72 Å². The largest absolute Gasteiger partial charge is 0.379 e. The van der Waals surface area contributed by atoms with Crippen LogP contribution in [0.1, 0.15) is 45.7 Å². The minimum absolute atomic E-state index is 0.0492. The molecule has 0 aliphatic carbocycles. The monoisotopic (exact) mass is 523 g/mol. The Morgan fingerprint density at radius 1 is 0.971 bits per heavy atom. The highest BCUT2D eigenvalue weighted by Gasteiger charge is 2.29. The maximum atomic E-state index is 13.6. The van der Waals surface area contributed by atoms with Crippen molar-refractivity contribution >= 4 is 31.4 Å². The number of anilines is 2. The highest BCUT2D eigenvalue weighted by molar-refractivity contribution is 7.92. The Labute approximate surface area is 210 Å². The van der Waals surface area contributed by atoms with Gasteiger partial charge in [-0.15, -0.1) is 0 Å². The van der Waals surface area contributed by atoms with E-state index >= 15 is 0 Å². The van der Waals surface area contributed by atoms with Crippen molar-refractivity contribution in [1.29, 1.82) is 0 Å². The standard InChI is InChI=1S/C25H37N3O5S2/c1-7-27(8-2)23-12-11-21(35(31,32)28-13-15-33-16-14-28)18-22(23)26-34(29,30)24-17-20(25(4,5)6)10-9-19(24)3/h9-12,17-18,26H,7-8,13-16H2,1-6H3. The third kappa shape index (κ3) is 5.99. The molecule has 3 rings (SSSR count). The van der Waals surface area contributed by atoms with E-state index in [-0.39, 0.29) is 34.0 Å². The van der Waals surface area contributed by atoms with Crippen molar-refractivity contribution < 1.29 is 21.6 Å². The van der Waals surface area contributed by atoms with E-state index in [0.717, 1.165) is 5.56 Å². The van der Waals surface area contributed by atoms with Gasteiger partial charge in [0.05, 0.1) is 34.4 Å². The molecule has 10 heteroatoms. The molecule has 1 heterocycles. The zero-order valence-electron chi connectivity index (χ0n) is 21.5. The van der Waals surface area contributed by atoms with Gasteiger partial charge in [-0.05, 0) is 61.6 Å². The minimum atomic E-state index is -3.99. The van der Waals surface area contributed by atoms with Crippen molar-refractivity contribution in [2.75, 3.05) is 49.0 Å². The maximum absolute atomic E-state index is 13.6. The molecule has 194 valence electrons. The number of rotatable bonds is 8. The predicted octanol–water partition coefficient (Wildman–Crippen LogP) is 3.96. The molecule has 0 unspecified atom stereocenters. The molecule has 0 radical (unpaired) electrons. The van der Waals surface area contributed by atoms with Gasteiger partial charge in [-0.2, -0.15) is 4.31 Å². The van der Waals surface area contributed by atoms with Crippen LogP contribution in [-0.4, -0.2) is 60.5 Å². The topological polar surface area (TPSA) is 96.0 Å². The van der Waals surface area contributed by atoms with Gasteiger partial charge in [0, 0.05) is 26.2 Å². The lowest BCUT2D eigenvalue weighted by molar-refractivity contribution is 0.0730. The molecule has 0 saturated carbocycles. The summed E-state index contributed by atoms with van der Waals surface area (Å²) in [6, 6.07) is 10.1. The summed E-state index contributed by atoms with van der Waals surface area (Å²) in [7, 11) is -7.79. The molecule has 0 atom stereocenters. The molecular formula is C25H37N3O5S2. The van der Waals surface area contributed by atoms with Gasteiger partial charge in [-0.25, -0.2) is 16.8 Å². The van der Waals surface area contributed by atoms with Crippen LogP contribution in [0.25, 0.3) is 0 Å². The van der Waals surface area contributed by atoms with Gasteiger partial charge in [0.15, 0.2) is 0 Å². The van der Waals surface area contributed by atoms with Crippen LogP contribution in [0.15, 0.2) is 46.2 Å². The molecule has 2 aromatic rings. The van der Waals surface area contributed by atoms with Crippen molar-refractivity contribution in [2.24, 2.45) is 0 Å². The lowest BCUT2D eigenvalue weighted by Gasteiger charge is -2.28. The second-order valence-electron chi connectivity index (χ2n) is 9.70. The van der Waals surface area contributed by atoms with E-state index in [1.165, 1.54) is 10.4 Å². The van der Waals surface area contributed by atoms with E-state index in [1.807, 2.05) is 45.6 Å². The predicted molar refractivity (Wildman–Crippen MR) is 140 cm³/mol. The highest BCUT2D eigenvalue weighted by Crippen LogP contribution is 2.34. The SMILES string of the molecule is CCN(CC)c1ccc(S(=O)(=O)N2CCOCC2)cc1NS(=O)(=O)c1cc(C(C)(C)C)ccc1C. The van der Waals surface area contributed by atoms with Crippen LogP contribution in [0.2, 0.25) is 0 Å². The number of benzene rings is 2. The summed E-state index contributed by atoms with van der Waals surface area (Å²) in [6.45, 7) is 14.2. The van der Waals surface area contributed by atoms with Crippen molar-refractivity contribution in [3.05, 3.63) is 47.5 Å². The fourth-order valence-corrected chi connectivity index (χ4v) is 6.86. The number of nitrogens with zero attached hydrogens (tertiary/aromatic N) is 2. The molecule has 0 amide bonds. The fourth-order valence-electron chi connectivity index (χ4n) is 4.09. The second kappa shape index (κ2) is 10.5. The van der Waals surface area contributed by atoms with Gasteiger partial charge >= 0.3 is 0 Å². The summed E-state index contributed by atoms with van der Waals surface area (Å²) in [5, 5.41) is 0. The summed E-state index contributed by atoms with van der Waals surface area (Å²) in [4.78, 5) is 2.21. The van der Waals surface area contributed by atoms with Crippen LogP contribution in [0.4, 0.5) is 11.4 Å². The molecule has 35 heavy (non-hydrogen) atoms. The number of hydrogen-bond donors (Lipinski definition) is 1. The summed E-state index contributed by atoms with van der Waals surface area (Å²) in [6.07, 6.45) is 0. The Kier molecular flexibility index (Phi) is 8.20. The van der Waals surface area contributed by atoms with Crippen LogP contribution in [0, 0.1) is 6.92 Å². The van der Waals surface area contributed by atoms with Gasteiger partial charge in [0.2, 0.25) is 10.0 Å². The van der Waals surface area contributed by atoms with Crippen molar-refractivity contribution in [3.8, 4) is 0 Å². The van der Waals surface area contributed by atoms with E-state index in [9.17, 15) is 16.8 Å². The quantitative estimate of drug-likeness (QED) is 0.563. The Morgan fingerprint density at radius 2 is 1.60 bits per heavy atom. The van der Waals surface area contributed by atoms with Gasteiger partial charge in [0.25, 0.3) is 10.0 Å². The third-order valence-electron chi connectivity index (χ3n) is 6.27. The number of ether oxygens (including phenoxy) is 1. The number of sulfonamides is 2. The van der Waals surface area contributed by atoms with Crippen LogP contribution in [-0.2, 0) is 30.2 Å². The van der Waals surface area contributed by atoms with E-state index in [0.29, 0.717) is 37.6 Å².